The van der Waals surface area contributed by atoms with Crippen molar-refractivity contribution >= 4 is 11.9 Å². The first-order valence-corrected chi connectivity index (χ1v) is 6.47. The summed E-state index contributed by atoms with van der Waals surface area (Å²) in [6, 6.07) is 5.19. The molecule has 1 heterocycles. The summed E-state index contributed by atoms with van der Waals surface area (Å²) >= 11 is 0. The molecule has 1 aromatic rings. The third-order valence-corrected chi connectivity index (χ3v) is 2.90. The molecule has 0 spiro atoms. The molecule has 0 aliphatic carbocycles. The van der Waals surface area contributed by atoms with Gasteiger partial charge in [0, 0.05) is 12.1 Å². The van der Waals surface area contributed by atoms with Crippen molar-refractivity contribution < 1.29 is 13.6 Å². The van der Waals surface area contributed by atoms with Crippen LogP contribution >= 0.6 is 0 Å². The number of nitrogens with zero attached hydrogens (tertiary/aromatic N) is 1. The summed E-state index contributed by atoms with van der Waals surface area (Å²) in [6.07, 6.45) is -2.55. The topological polar surface area (TPSA) is 53.5 Å². The fraction of sp³-hybridized carbons (Fsp3) is 0.429. The van der Waals surface area contributed by atoms with Crippen molar-refractivity contribution in [3.05, 3.63) is 35.4 Å². The van der Waals surface area contributed by atoms with Crippen LogP contribution in [0.5, 0.6) is 0 Å². The molecule has 1 unspecified atom stereocenters. The first-order chi connectivity index (χ1) is 9.47. The smallest absolute Gasteiger partial charge is 0.263 e. The van der Waals surface area contributed by atoms with E-state index in [0.29, 0.717) is 24.0 Å². The van der Waals surface area contributed by atoms with Gasteiger partial charge in [-0.1, -0.05) is 32.0 Å². The number of benzene rings is 1. The summed E-state index contributed by atoms with van der Waals surface area (Å²) in [5.41, 5.74) is 0.416. The fourth-order valence-electron chi connectivity index (χ4n) is 1.90. The van der Waals surface area contributed by atoms with Gasteiger partial charge in [0.25, 0.3) is 12.3 Å². The van der Waals surface area contributed by atoms with Gasteiger partial charge in [-0.2, -0.15) is 0 Å². The lowest BCUT2D eigenvalue weighted by Gasteiger charge is -2.10. The van der Waals surface area contributed by atoms with Gasteiger partial charge in [0.2, 0.25) is 0 Å². The molecule has 2 rings (SSSR count). The summed E-state index contributed by atoms with van der Waals surface area (Å²) in [5, 5.41) is 5.54. The third-order valence-electron chi connectivity index (χ3n) is 2.90. The number of alkyl halides is 2. The van der Waals surface area contributed by atoms with E-state index < -0.39 is 12.5 Å². The number of amides is 1. The summed E-state index contributed by atoms with van der Waals surface area (Å²) in [4.78, 5) is 16.1. The van der Waals surface area contributed by atoms with Crippen molar-refractivity contribution in [2.45, 2.75) is 26.3 Å². The summed E-state index contributed by atoms with van der Waals surface area (Å²) in [5.74, 6) is 0.498. The van der Waals surface area contributed by atoms with Crippen molar-refractivity contribution in [3.8, 4) is 0 Å². The van der Waals surface area contributed by atoms with Crippen LogP contribution in [-0.4, -0.2) is 18.4 Å². The Morgan fingerprint density at radius 1 is 1.35 bits per heavy atom. The molecule has 1 amide bonds. The average molecular weight is 281 g/mol. The predicted octanol–water partition coefficient (Wildman–Crippen LogP) is 2.40. The van der Waals surface area contributed by atoms with Gasteiger partial charge in [-0.05, 0) is 17.5 Å². The Hall–Kier alpha value is -1.98. The average Bonchev–Trinajstić information content (AvgIpc) is 2.78. The van der Waals surface area contributed by atoms with E-state index >= 15 is 0 Å². The molecule has 0 bridgehead atoms. The highest BCUT2D eigenvalue weighted by Gasteiger charge is 2.30. The second-order valence-corrected chi connectivity index (χ2v) is 5.12. The van der Waals surface area contributed by atoms with Gasteiger partial charge in [-0.25, -0.2) is 8.78 Å². The van der Waals surface area contributed by atoms with Crippen LogP contribution in [0.2, 0.25) is 0 Å². The molecule has 1 aliphatic heterocycles. The minimum absolute atomic E-state index is 0.0929. The molecule has 1 aromatic carbocycles. The van der Waals surface area contributed by atoms with Crippen LogP contribution in [0, 0.1) is 5.92 Å². The van der Waals surface area contributed by atoms with Crippen LogP contribution in [0.15, 0.2) is 29.3 Å². The second-order valence-electron chi connectivity index (χ2n) is 5.12. The lowest BCUT2D eigenvalue weighted by Crippen LogP contribution is -2.26. The first kappa shape index (κ1) is 14.4. The zero-order valence-corrected chi connectivity index (χ0v) is 11.4. The van der Waals surface area contributed by atoms with E-state index in [1.54, 1.807) is 6.07 Å². The van der Waals surface area contributed by atoms with E-state index in [-0.39, 0.29) is 11.5 Å². The normalized spacial score (nSPS) is 20.6. The SMILES string of the molecule is CC(C)CN=C1NC(=O)C(c2cccc(C(F)F)c2)N1. The highest BCUT2D eigenvalue weighted by Crippen LogP contribution is 2.23. The molecule has 4 nitrogen and oxygen atoms in total. The number of carbonyl (C=O) groups excluding carboxylic acids is 1. The maximum absolute atomic E-state index is 12.7. The Kier molecular flexibility index (Phi) is 4.32. The largest absolute Gasteiger partial charge is 0.340 e. The van der Waals surface area contributed by atoms with Crippen LogP contribution in [-0.2, 0) is 4.79 Å². The molecule has 0 saturated carbocycles. The van der Waals surface area contributed by atoms with Gasteiger partial charge < -0.3 is 5.32 Å². The highest BCUT2D eigenvalue weighted by atomic mass is 19.3. The van der Waals surface area contributed by atoms with Crippen LogP contribution in [0.3, 0.4) is 0 Å². The molecule has 6 heteroatoms. The van der Waals surface area contributed by atoms with Crippen molar-refractivity contribution in [2.75, 3.05) is 6.54 Å². The summed E-state index contributed by atoms with van der Waals surface area (Å²) in [7, 11) is 0. The molecule has 0 radical (unpaired) electrons. The van der Waals surface area contributed by atoms with Gasteiger partial charge >= 0.3 is 0 Å². The molecular weight excluding hydrogens is 264 g/mol. The van der Waals surface area contributed by atoms with Crippen LogP contribution < -0.4 is 10.6 Å². The van der Waals surface area contributed by atoms with Crippen LogP contribution in [0.25, 0.3) is 0 Å². The van der Waals surface area contributed by atoms with E-state index in [9.17, 15) is 13.6 Å². The van der Waals surface area contributed by atoms with Crippen molar-refractivity contribution in [3.63, 3.8) is 0 Å². The molecule has 2 N–H and O–H groups in total. The van der Waals surface area contributed by atoms with Crippen LogP contribution in [0.4, 0.5) is 8.78 Å². The minimum atomic E-state index is -2.55. The number of rotatable bonds is 4. The molecule has 1 fully saturated rings. The third kappa shape index (κ3) is 3.31. The Bertz CT molecular complexity index is 529. The monoisotopic (exact) mass is 281 g/mol. The van der Waals surface area contributed by atoms with Gasteiger partial charge in [0.05, 0.1) is 0 Å². The molecule has 0 aromatic heterocycles. The Labute approximate surface area is 116 Å². The van der Waals surface area contributed by atoms with E-state index in [0.717, 1.165) is 0 Å². The van der Waals surface area contributed by atoms with Gasteiger partial charge in [0.15, 0.2) is 5.96 Å². The minimum Gasteiger partial charge on any atom is -0.340 e. The maximum Gasteiger partial charge on any atom is 0.263 e. The zero-order valence-electron chi connectivity index (χ0n) is 11.4. The van der Waals surface area contributed by atoms with Crippen molar-refractivity contribution in [1.82, 2.24) is 10.6 Å². The quantitative estimate of drug-likeness (QED) is 0.890. The molecule has 1 saturated heterocycles. The lowest BCUT2D eigenvalue weighted by molar-refractivity contribution is -0.120. The van der Waals surface area contributed by atoms with E-state index in [1.807, 2.05) is 13.8 Å². The number of aliphatic imine (C=N–C) groups is 1. The Morgan fingerprint density at radius 2 is 2.10 bits per heavy atom. The number of nitrogens with one attached hydrogen (secondary N) is 2. The second kappa shape index (κ2) is 5.98. The van der Waals surface area contributed by atoms with Gasteiger partial charge in [-0.15, -0.1) is 0 Å². The van der Waals surface area contributed by atoms with Crippen molar-refractivity contribution in [1.29, 1.82) is 0 Å². The number of hydrogen-bond donors (Lipinski definition) is 2. The molecule has 108 valence electrons. The molecule has 1 aliphatic rings. The fourth-order valence-corrected chi connectivity index (χ4v) is 1.90. The molecule has 1 atom stereocenters. The Balaban J connectivity index is 2.15. The molecule has 20 heavy (non-hydrogen) atoms. The standard InChI is InChI=1S/C14H17F2N3O/c1-8(2)7-17-14-18-11(13(20)19-14)9-4-3-5-10(6-9)12(15)16/h3-6,8,11-12H,7H2,1-2H3,(H2,17,18,19,20). The zero-order chi connectivity index (χ0) is 14.7. The number of hydrogen-bond acceptors (Lipinski definition) is 2. The first-order valence-electron chi connectivity index (χ1n) is 6.47. The van der Waals surface area contributed by atoms with E-state index in [4.69, 9.17) is 0 Å². The van der Waals surface area contributed by atoms with Crippen molar-refractivity contribution in [2.24, 2.45) is 10.9 Å². The summed E-state index contributed by atoms with van der Waals surface area (Å²) < 4.78 is 25.3. The van der Waals surface area contributed by atoms with Gasteiger partial charge in [-0.3, -0.25) is 15.1 Å². The predicted molar refractivity (Wildman–Crippen MR) is 72.6 cm³/mol. The molecular formula is C14H17F2N3O. The summed E-state index contributed by atoms with van der Waals surface area (Å²) in [6.45, 7) is 4.63. The number of carbonyl (C=O) groups is 1. The van der Waals surface area contributed by atoms with E-state index in [1.165, 1.54) is 18.2 Å². The Morgan fingerprint density at radius 3 is 2.75 bits per heavy atom. The lowest BCUT2D eigenvalue weighted by atomic mass is 10.0. The van der Waals surface area contributed by atoms with Crippen LogP contribution in [0.1, 0.15) is 37.4 Å². The van der Waals surface area contributed by atoms with Gasteiger partial charge in [0.1, 0.15) is 6.04 Å². The maximum atomic E-state index is 12.7. The number of guanidine groups is 1. The highest BCUT2D eigenvalue weighted by molar-refractivity contribution is 6.06. The van der Waals surface area contributed by atoms with E-state index in [2.05, 4.69) is 15.6 Å². The number of halogens is 2.